The van der Waals surface area contributed by atoms with E-state index in [1.54, 1.807) is 18.6 Å². The lowest BCUT2D eigenvalue weighted by molar-refractivity contribution is 0.0677. The lowest BCUT2D eigenvalue weighted by Gasteiger charge is -2.29. The van der Waals surface area contributed by atoms with Gasteiger partial charge in [0.15, 0.2) is 0 Å². The van der Waals surface area contributed by atoms with Crippen LogP contribution in [-0.2, 0) is 0 Å². The zero-order valence-corrected chi connectivity index (χ0v) is 9.13. The summed E-state index contributed by atoms with van der Waals surface area (Å²) in [5, 5.41) is 10.2. The Morgan fingerprint density at radius 1 is 1.40 bits per heavy atom. The maximum atomic E-state index is 10.2. The molecule has 3 unspecified atom stereocenters. The Balaban J connectivity index is 2.04. The zero-order chi connectivity index (χ0) is 10.7. The van der Waals surface area contributed by atoms with Crippen LogP contribution in [0.4, 0.5) is 0 Å². The second-order valence-electron chi connectivity index (χ2n) is 4.61. The molecular formula is C12H18N2O. The van der Waals surface area contributed by atoms with Crippen molar-refractivity contribution in [2.45, 2.75) is 38.7 Å². The molecule has 0 amide bonds. The standard InChI is InChI=1S/C12H18N2O/c1-9-3-2-4-10(7-9)12(15)11-8-13-5-6-14-11/h5-6,8-10,12,15H,2-4,7H2,1H3. The van der Waals surface area contributed by atoms with Gasteiger partial charge in [0.05, 0.1) is 11.9 Å². The molecule has 82 valence electrons. The van der Waals surface area contributed by atoms with Crippen LogP contribution in [0.15, 0.2) is 18.6 Å². The third kappa shape index (κ3) is 2.53. The number of aromatic nitrogens is 2. The lowest BCUT2D eigenvalue weighted by atomic mass is 9.79. The van der Waals surface area contributed by atoms with Crippen molar-refractivity contribution in [1.29, 1.82) is 0 Å². The molecule has 0 bridgehead atoms. The number of hydrogen-bond acceptors (Lipinski definition) is 3. The molecule has 0 saturated heterocycles. The highest BCUT2D eigenvalue weighted by atomic mass is 16.3. The van der Waals surface area contributed by atoms with E-state index in [2.05, 4.69) is 16.9 Å². The molecule has 0 aliphatic heterocycles. The molecule has 1 heterocycles. The van der Waals surface area contributed by atoms with Crippen molar-refractivity contribution in [3.05, 3.63) is 24.3 Å². The quantitative estimate of drug-likeness (QED) is 0.807. The molecule has 2 rings (SSSR count). The molecule has 1 aromatic heterocycles. The Hall–Kier alpha value is -0.960. The van der Waals surface area contributed by atoms with Crippen molar-refractivity contribution < 1.29 is 5.11 Å². The van der Waals surface area contributed by atoms with E-state index in [0.717, 1.165) is 24.5 Å². The second kappa shape index (κ2) is 4.71. The Kier molecular flexibility index (Phi) is 3.31. The predicted octanol–water partition coefficient (Wildman–Crippen LogP) is 2.34. The fraction of sp³-hybridized carbons (Fsp3) is 0.667. The Morgan fingerprint density at radius 2 is 2.27 bits per heavy atom. The largest absolute Gasteiger partial charge is 0.386 e. The van der Waals surface area contributed by atoms with Gasteiger partial charge in [0.2, 0.25) is 0 Å². The SMILES string of the molecule is CC1CCCC(C(O)c2cnccn2)C1. The van der Waals surface area contributed by atoms with Gasteiger partial charge in [-0.15, -0.1) is 0 Å². The van der Waals surface area contributed by atoms with Gasteiger partial charge < -0.3 is 5.11 Å². The summed E-state index contributed by atoms with van der Waals surface area (Å²) in [6, 6.07) is 0. The summed E-state index contributed by atoms with van der Waals surface area (Å²) < 4.78 is 0. The van der Waals surface area contributed by atoms with Crippen LogP contribution in [-0.4, -0.2) is 15.1 Å². The minimum atomic E-state index is -0.429. The van der Waals surface area contributed by atoms with E-state index in [-0.39, 0.29) is 0 Å². The molecule has 1 N–H and O–H groups in total. The van der Waals surface area contributed by atoms with Gasteiger partial charge in [-0.2, -0.15) is 0 Å². The van der Waals surface area contributed by atoms with Crippen LogP contribution in [0.2, 0.25) is 0 Å². The van der Waals surface area contributed by atoms with Crippen LogP contribution in [0, 0.1) is 11.8 Å². The van der Waals surface area contributed by atoms with Crippen LogP contribution in [0.3, 0.4) is 0 Å². The van der Waals surface area contributed by atoms with Crippen molar-refractivity contribution in [2.75, 3.05) is 0 Å². The molecule has 0 spiro atoms. The van der Waals surface area contributed by atoms with Crippen molar-refractivity contribution in [2.24, 2.45) is 11.8 Å². The van der Waals surface area contributed by atoms with Gasteiger partial charge in [-0.05, 0) is 24.7 Å². The van der Waals surface area contributed by atoms with Gasteiger partial charge >= 0.3 is 0 Å². The highest BCUT2D eigenvalue weighted by molar-refractivity contribution is 5.01. The molecule has 1 aliphatic rings. The third-order valence-corrected chi connectivity index (χ3v) is 3.31. The molecule has 15 heavy (non-hydrogen) atoms. The first-order valence-corrected chi connectivity index (χ1v) is 5.71. The van der Waals surface area contributed by atoms with Crippen LogP contribution in [0.1, 0.15) is 44.4 Å². The molecule has 3 atom stereocenters. The number of aliphatic hydroxyl groups is 1. The summed E-state index contributed by atoms with van der Waals surface area (Å²) in [6.45, 7) is 2.26. The van der Waals surface area contributed by atoms with Crippen LogP contribution >= 0.6 is 0 Å². The molecule has 1 fully saturated rings. The monoisotopic (exact) mass is 206 g/mol. The summed E-state index contributed by atoms with van der Waals surface area (Å²) in [7, 11) is 0. The van der Waals surface area contributed by atoms with Crippen LogP contribution < -0.4 is 0 Å². The average Bonchev–Trinajstić information content (AvgIpc) is 2.29. The molecule has 0 radical (unpaired) electrons. The number of hydrogen-bond donors (Lipinski definition) is 1. The molecule has 1 aliphatic carbocycles. The fourth-order valence-corrected chi connectivity index (χ4v) is 2.47. The summed E-state index contributed by atoms with van der Waals surface area (Å²) in [6.07, 6.45) is 9.27. The highest BCUT2D eigenvalue weighted by Gasteiger charge is 2.26. The van der Waals surface area contributed by atoms with Crippen LogP contribution in [0.25, 0.3) is 0 Å². The summed E-state index contributed by atoms with van der Waals surface area (Å²) >= 11 is 0. The maximum Gasteiger partial charge on any atom is 0.100 e. The molecule has 1 aromatic rings. The van der Waals surface area contributed by atoms with E-state index in [1.807, 2.05) is 0 Å². The minimum absolute atomic E-state index is 0.366. The Bertz CT molecular complexity index is 302. The normalized spacial score (nSPS) is 28.7. The topological polar surface area (TPSA) is 46.0 Å². The maximum absolute atomic E-state index is 10.2. The zero-order valence-electron chi connectivity index (χ0n) is 9.13. The number of aliphatic hydroxyl groups excluding tert-OH is 1. The molecule has 0 aromatic carbocycles. The Morgan fingerprint density at radius 3 is 2.93 bits per heavy atom. The van der Waals surface area contributed by atoms with E-state index in [9.17, 15) is 5.11 Å². The third-order valence-electron chi connectivity index (χ3n) is 3.31. The molecule has 3 nitrogen and oxygen atoms in total. The summed E-state index contributed by atoms with van der Waals surface area (Å²) in [4.78, 5) is 8.16. The first-order valence-electron chi connectivity index (χ1n) is 5.71. The summed E-state index contributed by atoms with van der Waals surface area (Å²) in [5.74, 6) is 1.10. The average molecular weight is 206 g/mol. The van der Waals surface area contributed by atoms with Crippen LogP contribution in [0.5, 0.6) is 0 Å². The van der Waals surface area contributed by atoms with Crippen molar-refractivity contribution in [1.82, 2.24) is 9.97 Å². The molecule has 1 saturated carbocycles. The van der Waals surface area contributed by atoms with E-state index >= 15 is 0 Å². The first-order chi connectivity index (χ1) is 7.27. The van der Waals surface area contributed by atoms with Crippen molar-refractivity contribution in [3.63, 3.8) is 0 Å². The molecular weight excluding hydrogens is 188 g/mol. The number of rotatable bonds is 2. The van der Waals surface area contributed by atoms with Crippen molar-refractivity contribution in [3.8, 4) is 0 Å². The van der Waals surface area contributed by atoms with E-state index in [1.165, 1.54) is 12.8 Å². The highest BCUT2D eigenvalue weighted by Crippen LogP contribution is 2.36. The smallest absolute Gasteiger partial charge is 0.100 e. The van der Waals surface area contributed by atoms with Crippen molar-refractivity contribution >= 4 is 0 Å². The lowest BCUT2D eigenvalue weighted by Crippen LogP contribution is -2.20. The van der Waals surface area contributed by atoms with Gasteiger partial charge in [-0.25, -0.2) is 0 Å². The summed E-state index contributed by atoms with van der Waals surface area (Å²) in [5.41, 5.74) is 0.719. The van der Waals surface area contributed by atoms with E-state index in [4.69, 9.17) is 0 Å². The van der Waals surface area contributed by atoms with Gasteiger partial charge in [-0.3, -0.25) is 9.97 Å². The van der Waals surface area contributed by atoms with Gasteiger partial charge in [-0.1, -0.05) is 19.8 Å². The van der Waals surface area contributed by atoms with Gasteiger partial charge in [0.1, 0.15) is 6.10 Å². The van der Waals surface area contributed by atoms with E-state index < -0.39 is 6.10 Å². The minimum Gasteiger partial charge on any atom is -0.386 e. The predicted molar refractivity (Wildman–Crippen MR) is 58.1 cm³/mol. The fourth-order valence-electron chi connectivity index (χ4n) is 2.47. The molecule has 3 heteroatoms. The Labute approximate surface area is 90.6 Å². The van der Waals surface area contributed by atoms with Gasteiger partial charge in [0.25, 0.3) is 0 Å². The first kappa shape index (κ1) is 10.6. The second-order valence-corrected chi connectivity index (χ2v) is 4.61. The van der Waals surface area contributed by atoms with E-state index in [0.29, 0.717) is 5.92 Å². The van der Waals surface area contributed by atoms with Gasteiger partial charge in [0, 0.05) is 12.4 Å². The number of nitrogens with zero attached hydrogens (tertiary/aromatic N) is 2.